The van der Waals surface area contributed by atoms with Gasteiger partial charge in [-0.2, -0.15) is 0 Å². The molecule has 1 aromatic heterocycles. The standard InChI is InChI=1S/C12H17BrN4O3/c1-8(2)5-14-11(18)7-16(3)12-10(17(19)20)4-9(13)6-15-12/h4,6,8H,5,7H2,1-3H3,(H,14,18). The Morgan fingerprint density at radius 2 is 2.25 bits per heavy atom. The van der Waals surface area contributed by atoms with Gasteiger partial charge in [-0.25, -0.2) is 4.98 Å². The fourth-order valence-corrected chi connectivity index (χ4v) is 1.83. The number of anilines is 1. The van der Waals surface area contributed by atoms with E-state index in [1.54, 1.807) is 7.05 Å². The van der Waals surface area contributed by atoms with Crippen molar-refractivity contribution in [1.82, 2.24) is 10.3 Å². The number of hydrogen-bond acceptors (Lipinski definition) is 5. The van der Waals surface area contributed by atoms with Crippen LogP contribution in [-0.2, 0) is 4.79 Å². The molecule has 0 aliphatic carbocycles. The molecule has 1 amide bonds. The van der Waals surface area contributed by atoms with Gasteiger partial charge >= 0.3 is 5.69 Å². The van der Waals surface area contributed by atoms with E-state index in [4.69, 9.17) is 0 Å². The predicted octanol–water partition coefficient (Wildman–Crippen LogP) is 1.96. The van der Waals surface area contributed by atoms with Crippen molar-refractivity contribution in [3.8, 4) is 0 Å². The third-order valence-electron chi connectivity index (χ3n) is 2.46. The lowest BCUT2D eigenvalue weighted by atomic mass is 10.2. The van der Waals surface area contributed by atoms with Crippen molar-refractivity contribution < 1.29 is 9.72 Å². The van der Waals surface area contributed by atoms with Crippen molar-refractivity contribution >= 4 is 33.3 Å². The molecule has 20 heavy (non-hydrogen) atoms. The second-order valence-electron chi connectivity index (χ2n) is 4.81. The summed E-state index contributed by atoms with van der Waals surface area (Å²) < 4.78 is 0.519. The van der Waals surface area contributed by atoms with Gasteiger partial charge in [0.25, 0.3) is 0 Å². The maximum Gasteiger partial charge on any atom is 0.312 e. The average molecular weight is 345 g/mol. The van der Waals surface area contributed by atoms with E-state index >= 15 is 0 Å². The molecule has 0 bridgehead atoms. The van der Waals surface area contributed by atoms with Crippen LogP contribution in [0.15, 0.2) is 16.7 Å². The number of halogens is 1. The lowest BCUT2D eigenvalue weighted by Crippen LogP contribution is -2.37. The molecule has 0 saturated heterocycles. The van der Waals surface area contributed by atoms with E-state index in [0.29, 0.717) is 16.9 Å². The Balaban J connectivity index is 2.79. The summed E-state index contributed by atoms with van der Waals surface area (Å²) in [4.78, 5) is 27.7. The molecule has 0 saturated carbocycles. The molecule has 0 unspecified atom stereocenters. The molecule has 1 rings (SSSR count). The van der Waals surface area contributed by atoms with E-state index in [1.807, 2.05) is 13.8 Å². The Bertz CT molecular complexity index is 507. The summed E-state index contributed by atoms with van der Waals surface area (Å²) in [5.41, 5.74) is -0.140. The summed E-state index contributed by atoms with van der Waals surface area (Å²) in [6, 6.07) is 1.37. The number of likely N-dealkylation sites (N-methyl/N-ethyl adjacent to an activating group) is 1. The van der Waals surface area contributed by atoms with Crippen LogP contribution in [0.25, 0.3) is 0 Å². The molecule has 0 fully saturated rings. The molecule has 0 aliphatic rings. The zero-order chi connectivity index (χ0) is 15.3. The molecule has 8 heteroatoms. The van der Waals surface area contributed by atoms with Gasteiger partial charge in [0.2, 0.25) is 11.7 Å². The van der Waals surface area contributed by atoms with Gasteiger partial charge in [-0.15, -0.1) is 0 Å². The van der Waals surface area contributed by atoms with Crippen LogP contribution in [0.1, 0.15) is 13.8 Å². The van der Waals surface area contributed by atoms with Crippen LogP contribution in [0.2, 0.25) is 0 Å². The maximum absolute atomic E-state index is 11.7. The Morgan fingerprint density at radius 1 is 1.60 bits per heavy atom. The average Bonchev–Trinajstić information content (AvgIpc) is 2.35. The number of nitrogens with one attached hydrogen (secondary N) is 1. The number of carbonyl (C=O) groups is 1. The number of aromatic nitrogens is 1. The summed E-state index contributed by atoms with van der Waals surface area (Å²) in [5, 5.41) is 13.8. The molecule has 0 atom stereocenters. The van der Waals surface area contributed by atoms with Crippen LogP contribution in [0, 0.1) is 16.0 Å². The van der Waals surface area contributed by atoms with E-state index in [9.17, 15) is 14.9 Å². The molecule has 1 aromatic rings. The minimum atomic E-state index is -0.518. The Morgan fingerprint density at radius 3 is 2.80 bits per heavy atom. The van der Waals surface area contributed by atoms with Crippen LogP contribution in [-0.4, -0.2) is 36.0 Å². The molecule has 0 aromatic carbocycles. The minimum Gasteiger partial charge on any atom is -0.354 e. The summed E-state index contributed by atoms with van der Waals surface area (Å²) in [7, 11) is 1.60. The number of amides is 1. The van der Waals surface area contributed by atoms with Crippen molar-refractivity contribution in [2.45, 2.75) is 13.8 Å². The fourth-order valence-electron chi connectivity index (χ4n) is 1.51. The molecule has 0 aliphatic heterocycles. The number of nitrogens with zero attached hydrogens (tertiary/aromatic N) is 3. The van der Waals surface area contributed by atoms with Crippen molar-refractivity contribution in [3.05, 3.63) is 26.9 Å². The van der Waals surface area contributed by atoms with E-state index in [0.717, 1.165) is 0 Å². The minimum absolute atomic E-state index is 0.0161. The number of hydrogen-bond donors (Lipinski definition) is 1. The Hall–Kier alpha value is -1.70. The van der Waals surface area contributed by atoms with Crippen LogP contribution in [0.4, 0.5) is 11.5 Å². The Labute approximate surface area is 125 Å². The van der Waals surface area contributed by atoms with Crippen LogP contribution in [0.5, 0.6) is 0 Å². The topological polar surface area (TPSA) is 88.4 Å². The smallest absolute Gasteiger partial charge is 0.312 e. The van der Waals surface area contributed by atoms with E-state index in [1.165, 1.54) is 17.2 Å². The van der Waals surface area contributed by atoms with Crippen molar-refractivity contribution in [2.75, 3.05) is 25.0 Å². The normalized spacial score (nSPS) is 10.4. The predicted molar refractivity (Wildman–Crippen MR) is 79.7 cm³/mol. The van der Waals surface area contributed by atoms with Crippen molar-refractivity contribution in [3.63, 3.8) is 0 Å². The first-order chi connectivity index (χ1) is 9.31. The van der Waals surface area contributed by atoms with Gasteiger partial charge in [0.1, 0.15) is 0 Å². The lowest BCUT2D eigenvalue weighted by Gasteiger charge is -2.18. The maximum atomic E-state index is 11.7. The van der Waals surface area contributed by atoms with E-state index in [-0.39, 0.29) is 24.0 Å². The molecule has 7 nitrogen and oxygen atoms in total. The van der Waals surface area contributed by atoms with Gasteiger partial charge < -0.3 is 10.2 Å². The highest BCUT2D eigenvalue weighted by Gasteiger charge is 2.20. The second-order valence-corrected chi connectivity index (χ2v) is 5.72. The molecule has 1 heterocycles. The van der Waals surface area contributed by atoms with Crippen LogP contribution in [0.3, 0.4) is 0 Å². The summed E-state index contributed by atoms with van der Waals surface area (Å²) >= 11 is 3.14. The number of rotatable bonds is 6. The molecule has 0 radical (unpaired) electrons. The van der Waals surface area contributed by atoms with Crippen LogP contribution >= 0.6 is 15.9 Å². The molecule has 110 valence electrons. The summed E-state index contributed by atoms with van der Waals surface area (Å²) in [6.45, 7) is 4.57. The van der Waals surface area contributed by atoms with Gasteiger partial charge in [0, 0.05) is 30.3 Å². The summed E-state index contributed by atoms with van der Waals surface area (Å²) in [5.74, 6) is 0.322. The lowest BCUT2D eigenvalue weighted by molar-refractivity contribution is -0.384. The summed E-state index contributed by atoms with van der Waals surface area (Å²) in [6.07, 6.45) is 1.46. The number of nitro groups is 1. The van der Waals surface area contributed by atoms with Crippen molar-refractivity contribution in [2.24, 2.45) is 5.92 Å². The third kappa shape index (κ3) is 4.76. The first kappa shape index (κ1) is 16.4. The number of pyridine rings is 1. The number of carbonyl (C=O) groups excluding carboxylic acids is 1. The van der Waals surface area contributed by atoms with Gasteiger partial charge in [-0.3, -0.25) is 14.9 Å². The molecule has 0 spiro atoms. The monoisotopic (exact) mass is 344 g/mol. The highest BCUT2D eigenvalue weighted by atomic mass is 79.9. The Kier molecular flexibility index (Phi) is 5.87. The molecular weight excluding hydrogens is 328 g/mol. The second kappa shape index (κ2) is 7.18. The quantitative estimate of drug-likeness (QED) is 0.629. The van der Waals surface area contributed by atoms with Gasteiger partial charge in [-0.1, -0.05) is 13.8 Å². The molecule has 1 N–H and O–H groups in total. The van der Waals surface area contributed by atoms with Gasteiger partial charge in [0.05, 0.1) is 11.5 Å². The third-order valence-corrected chi connectivity index (χ3v) is 2.89. The largest absolute Gasteiger partial charge is 0.354 e. The highest BCUT2D eigenvalue weighted by molar-refractivity contribution is 9.10. The first-order valence-corrected chi connectivity index (χ1v) is 6.88. The van der Waals surface area contributed by atoms with E-state index in [2.05, 4.69) is 26.2 Å². The van der Waals surface area contributed by atoms with Gasteiger partial charge in [0.15, 0.2) is 0 Å². The van der Waals surface area contributed by atoms with Crippen molar-refractivity contribution in [1.29, 1.82) is 0 Å². The first-order valence-electron chi connectivity index (χ1n) is 6.09. The molecular formula is C12H17BrN4O3. The fraction of sp³-hybridized carbons (Fsp3) is 0.500. The highest BCUT2D eigenvalue weighted by Crippen LogP contribution is 2.27. The van der Waals surface area contributed by atoms with E-state index < -0.39 is 4.92 Å². The van der Waals surface area contributed by atoms with Crippen LogP contribution < -0.4 is 10.2 Å². The zero-order valence-corrected chi connectivity index (χ0v) is 13.2. The van der Waals surface area contributed by atoms with Gasteiger partial charge in [-0.05, 0) is 21.8 Å². The zero-order valence-electron chi connectivity index (χ0n) is 11.6. The SMILES string of the molecule is CC(C)CNC(=O)CN(C)c1ncc(Br)cc1[N+](=O)[O-].